The maximum atomic E-state index is 12.1. The fourth-order valence-electron chi connectivity index (χ4n) is 2.46. The summed E-state index contributed by atoms with van der Waals surface area (Å²) in [6.45, 7) is 3.66. The third-order valence-corrected chi connectivity index (χ3v) is 4.28. The van der Waals surface area contributed by atoms with Crippen LogP contribution in [0.5, 0.6) is 0 Å². The van der Waals surface area contributed by atoms with Gasteiger partial charge in [0.1, 0.15) is 6.29 Å². The third kappa shape index (κ3) is 11.0. The minimum atomic E-state index is -0.786. The molecular formula is C18H34N4O6. The van der Waals surface area contributed by atoms with Crippen LogP contribution in [0, 0.1) is 0 Å². The Kier molecular flexibility index (Phi) is 13.9. The number of hydrogen-bond acceptors (Lipinski definition) is 7. The Morgan fingerprint density at radius 3 is 1.82 bits per heavy atom. The zero-order valence-corrected chi connectivity index (χ0v) is 16.8. The van der Waals surface area contributed by atoms with Crippen LogP contribution >= 0.6 is 0 Å². The molecule has 2 atom stereocenters. The van der Waals surface area contributed by atoms with Crippen molar-refractivity contribution in [2.24, 2.45) is 5.73 Å². The van der Waals surface area contributed by atoms with Gasteiger partial charge in [-0.3, -0.25) is 24.8 Å². The lowest BCUT2D eigenvalue weighted by Crippen LogP contribution is -2.46. The van der Waals surface area contributed by atoms with Gasteiger partial charge in [-0.2, -0.15) is 0 Å². The predicted molar refractivity (Wildman–Crippen MR) is 101 cm³/mol. The van der Waals surface area contributed by atoms with Crippen LogP contribution in [-0.4, -0.2) is 69.7 Å². The molecule has 162 valence electrons. The molecule has 0 aromatic carbocycles. The topological polar surface area (TPSA) is 153 Å². The number of unbranched alkanes of at least 4 members (excludes halogenated alkanes) is 2. The van der Waals surface area contributed by atoms with Crippen LogP contribution in [0.3, 0.4) is 0 Å². The molecule has 0 aromatic rings. The number of nitrogens with two attached hydrogens (primary N) is 1. The van der Waals surface area contributed by atoms with Crippen molar-refractivity contribution in [3.05, 3.63) is 0 Å². The van der Waals surface area contributed by atoms with Gasteiger partial charge in [0.25, 0.3) is 0 Å². The summed E-state index contributed by atoms with van der Waals surface area (Å²) in [7, 11) is 0. The summed E-state index contributed by atoms with van der Waals surface area (Å²) < 4.78 is 0. The average molecular weight is 402 g/mol. The van der Waals surface area contributed by atoms with E-state index in [4.69, 9.17) is 5.73 Å². The lowest BCUT2D eigenvalue weighted by molar-refractivity contribution is -0.165. The summed E-state index contributed by atoms with van der Waals surface area (Å²) in [5.74, 6) is -1.17. The van der Waals surface area contributed by atoms with Crippen LogP contribution in [0.25, 0.3) is 0 Å². The number of carbonyl (C=O) groups is 4. The van der Waals surface area contributed by atoms with E-state index in [2.05, 4.69) is 5.32 Å². The summed E-state index contributed by atoms with van der Waals surface area (Å²) in [5.41, 5.74) is 5.82. The molecule has 0 aliphatic rings. The molecule has 0 rings (SSSR count). The number of aldehydes is 1. The molecule has 0 aromatic heterocycles. The van der Waals surface area contributed by atoms with E-state index in [-0.39, 0.29) is 37.7 Å². The van der Waals surface area contributed by atoms with Crippen molar-refractivity contribution >= 4 is 24.0 Å². The molecule has 0 saturated heterocycles. The monoisotopic (exact) mass is 402 g/mol. The van der Waals surface area contributed by atoms with Crippen molar-refractivity contribution in [3.8, 4) is 0 Å². The number of hydrogen-bond donors (Lipinski definition) is 4. The molecule has 0 aliphatic carbocycles. The Balaban J connectivity index is 4.06. The molecule has 5 N–H and O–H groups in total. The second-order valence-electron chi connectivity index (χ2n) is 6.59. The van der Waals surface area contributed by atoms with Crippen LogP contribution in [0.4, 0.5) is 0 Å². The van der Waals surface area contributed by atoms with E-state index >= 15 is 0 Å². The fraction of sp³-hybridized carbons (Fsp3) is 0.778. The second-order valence-corrected chi connectivity index (χ2v) is 6.59. The standard InChI is InChI=1S/C18H34N4O6/c1-3-16(24)21(27)11-7-5-9-14(13-23)20-18(26)15(19)10-6-8-12-22(28)17(25)4-2/h13-15,27-28H,3-12,19H2,1-2H3,(H,20,26). The van der Waals surface area contributed by atoms with Crippen LogP contribution < -0.4 is 11.1 Å². The zero-order chi connectivity index (χ0) is 21.5. The van der Waals surface area contributed by atoms with E-state index in [0.717, 1.165) is 0 Å². The van der Waals surface area contributed by atoms with Crippen LogP contribution in [0.1, 0.15) is 65.2 Å². The van der Waals surface area contributed by atoms with Crippen LogP contribution in [0.2, 0.25) is 0 Å². The molecule has 0 radical (unpaired) electrons. The third-order valence-electron chi connectivity index (χ3n) is 4.28. The van der Waals surface area contributed by atoms with Crippen molar-refractivity contribution < 1.29 is 29.6 Å². The Labute approximate surface area is 165 Å². The highest BCUT2D eigenvalue weighted by Crippen LogP contribution is 2.05. The second kappa shape index (κ2) is 14.9. The van der Waals surface area contributed by atoms with Crippen molar-refractivity contribution in [2.75, 3.05) is 13.1 Å². The van der Waals surface area contributed by atoms with E-state index < -0.39 is 18.0 Å². The van der Waals surface area contributed by atoms with E-state index in [1.165, 1.54) is 0 Å². The van der Waals surface area contributed by atoms with Crippen LogP contribution in [-0.2, 0) is 19.2 Å². The van der Waals surface area contributed by atoms with Gasteiger partial charge in [0, 0.05) is 25.9 Å². The lowest BCUT2D eigenvalue weighted by Gasteiger charge is -2.18. The minimum Gasteiger partial charge on any atom is -0.345 e. The fourth-order valence-corrected chi connectivity index (χ4v) is 2.46. The van der Waals surface area contributed by atoms with Gasteiger partial charge in [-0.05, 0) is 38.5 Å². The molecule has 10 nitrogen and oxygen atoms in total. The minimum absolute atomic E-state index is 0.175. The van der Waals surface area contributed by atoms with Gasteiger partial charge in [-0.25, -0.2) is 10.1 Å². The van der Waals surface area contributed by atoms with Gasteiger partial charge < -0.3 is 15.8 Å². The van der Waals surface area contributed by atoms with Gasteiger partial charge in [0.05, 0.1) is 12.1 Å². The van der Waals surface area contributed by atoms with Gasteiger partial charge >= 0.3 is 0 Å². The maximum absolute atomic E-state index is 12.1. The smallest absolute Gasteiger partial charge is 0.245 e. The summed E-state index contributed by atoms with van der Waals surface area (Å²) in [6.07, 6.45) is 3.93. The molecule has 0 saturated carbocycles. The van der Waals surface area contributed by atoms with Crippen molar-refractivity contribution in [1.29, 1.82) is 0 Å². The highest BCUT2D eigenvalue weighted by Gasteiger charge is 2.18. The van der Waals surface area contributed by atoms with E-state index in [9.17, 15) is 29.6 Å². The largest absolute Gasteiger partial charge is 0.345 e. The SMILES string of the molecule is CCC(=O)N(O)CCCCC(C=O)NC(=O)C(N)CCCCN(O)C(=O)CC. The molecule has 0 heterocycles. The molecule has 3 amide bonds. The average Bonchev–Trinajstić information content (AvgIpc) is 2.70. The van der Waals surface area contributed by atoms with Crippen molar-refractivity contribution in [2.45, 2.75) is 77.3 Å². The Morgan fingerprint density at radius 2 is 1.39 bits per heavy atom. The molecule has 0 aliphatic heterocycles. The summed E-state index contributed by atoms with van der Waals surface area (Å²) >= 11 is 0. The maximum Gasteiger partial charge on any atom is 0.245 e. The summed E-state index contributed by atoms with van der Waals surface area (Å²) in [6, 6.07) is -1.46. The van der Waals surface area contributed by atoms with E-state index in [1.54, 1.807) is 13.8 Å². The number of nitrogens with zero attached hydrogens (tertiary/aromatic N) is 2. The Bertz CT molecular complexity index is 502. The summed E-state index contributed by atoms with van der Waals surface area (Å²) in [4.78, 5) is 45.6. The van der Waals surface area contributed by atoms with Gasteiger partial charge in [0.15, 0.2) is 0 Å². The Hall–Kier alpha value is -2.04. The molecule has 0 spiro atoms. The van der Waals surface area contributed by atoms with Crippen molar-refractivity contribution in [1.82, 2.24) is 15.4 Å². The number of nitrogens with one attached hydrogen (secondary N) is 1. The summed E-state index contributed by atoms with van der Waals surface area (Å²) in [5, 5.41) is 22.7. The number of amides is 3. The first-order valence-corrected chi connectivity index (χ1v) is 9.76. The Morgan fingerprint density at radius 1 is 0.929 bits per heavy atom. The van der Waals surface area contributed by atoms with Gasteiger partial charge in [-0.1, -0.05) is 13.8 Å². The van der Waals surface area contributed by atoms with Gasteiger partial charge in [-0.15, -0.1) is 0 Å². The molecule has 28 heavy (non-hydrogen) atoms. The quantitative estimate of drug-likeness (QED) is 0.135. The van der Waals surface area contributed by atoms with Crippen molar-refractivity contribution in [3.63, 3.8) is 0 Å². The zero-order valence-electron chi connectivity index (χ0n) is 16.8. The lowest BCUT2D eigenvalue weighted by atomic mass is 10.1. The van der Waals surface area contributed by atoms with E-state index in [0.29, 0.717) is 54.9 Å². The highest BCUT2D eigenvalue weighted by molar-refractivity contribution is 5.84. The highest BCUT2D eigenvalue weighted by atomic mass is 16.5. The first-order chi connectivity index (χ1) is 13.3. The number of rotatable bonds is 15. The molecule has 10 heteroatoms. The molecular weight excluding hydrogens is 368 g/mol. The van der Waals surface area contributed by atoms with Crippen LogP contribution in [0.15, 0.2) is 0 Å². The predicted octanol–water partition coefficient (Wildman–Crippen LogP) is 0.594. The molecule has 2 unspecified atom stereocenters. The first kappa shape index (κ1) is 26.0. The normalized spacial score (nSPS) is 12.8. The molecule has 0 bridgehead atoms. The van der Waals surface area contributed by atoms with Gasteiger partial charge in [0.2, 0.25) is 17.7 Å². The van der Waals surface area contributed by atoms with E-state index in [1.807, 2.05) is 0 Å². The number of carbonyl (C=O) groups excluding carboxylic acids is 4. The molecule has 0 fully saturated rings. The number of hydroxylamine groups is 4. The first-order valence-electron chi connectivity index (χ1n) is 9.76.